The lowest BCUT2D eigenvalue weighted by atomic mass is 9.77. The van der Waals surface area contributed by atoms with E-state index in [4.69, 9.17) is 13.6 Å². The first kappa shape index (κ1) is 21.5. The Labute approximate surface area is 175 Å². The summed E-state index contributed by atoms with van der Waals surface area (Å²) in [6.45, 7) is 17.2. The van der Waals surface area contributed by atoms with Gasteiger partial charge in [0.1, 0.15) is 0 Å². The van der Waals surface area contributed by atoms with Crippen LogP contribution in [-0.2, 0) is 13.6 Å². The third kappa shape index (κ3) is 4.96. The van der Waals surface area contributed by atoms with Crippen LogP contribution in [-0.4, -0.2) is 40.5 Å². The summed E-state index contributed by atoms with van der Waals surface area (Å²) in [7, 11) is -3.27. The molecule has 0 aromatic carbocycles. The van der Waals surface area contributed by atoms with Crippen LogP contribution < -0.4 is 0 Å². The van der Waals surface area contributed by atoms with Crippen LogP contribution in [0.2, 0.25) is 38.3 Å². The normalized spacial score (nSPS) is 42.3. The molecule has 0 radical (unpaired) electrons. The lowest BCUT2D eigenvalue weighted by Crippen LogP contribution is -2.47. The number of rotatable bonds is 8. The third-order valence-electron chi connectivity index (χ3n) is 8.40. The minimum absolute atomic E-state index is 0.245. The first-order valence-electron chi connectivity index (χ1n) is 12.0. The molecule has 2 heterocycles. The lowest BCUT2D eigenvalue weighted by molar-refractivity contribution is 0.270. The van der Waals surface area contributed by atoms with Crippen LogP contribution in [0.15, 0.2) is 0 Å². The van der Waals surface area contributed by atoms with Crippen molar-refractivity contribution in [1.29, 1.82) is 0 Å². The molecule has 0 aromatic heterocycles. The van der Waals surface area contributed by atoms with Crippen molar-refractivity contribution in [2.75, 3.05) is 0 Å². The van der Waals surface area contributed by atoms with Crippen LogP contribution in [0.1, 0.15) is 59.3 Å². The first-order chi connectivity index (χ1) is 13.0. The molecule has 0 bridgehead atoms. The molecule has 4 aliphatic rings. The zero-order chi connectivity index (χ0) is 20.3. The predicted octanol–water partition coefficient (Wildman–Crippen LogP) is 6.21. The molecule has 0 amide bonds. The molecule has 8 unspecified atom stereocenters. The Bertz CT molecular complexity index is 580. The van der Waals surface area contributed by atoms with Gasteiger partial charge < -0.3 is 13.6 Å². The summed E-state index contributed by atoms with van der Waals surface area (Å²) >= 11 is 0. The van der Waals surface area contributed by atoms with Gasteiger partial charge in [-0.2, -0.15) is 0 Å². The van der Waals surface area contributed by atoms with Crippen molar-refractivity contribution in [3.63, 3.8) is 0 Å². The monoisotopic (exact) mass is 424 g/mol. The summed E-state index contributed by atoms with van der Waals surface area (Å²) < 4.78 is 18.8. The van der Waals surface area contributed by atoms with Gasteiger partial charge in [0.05, 0.1) is 23.9 Å². The molecule has 28 heavy (non-hydrogen) atoms. The Morgan fingerprint density at radius 2 is 1.50 bits per heavy atom. The molecule has 162 valence electrons. The summed E-state index contributed by atoms with van der Waals surface area (Å²) in [6, 6.07) is 2.63. The number of ether oxygens (including phenoxy) is 2. The van der Waals surface area contributed by atoms with Gasteiger partial charge in [0.15, 0.2) is 16.6 Å². The van der Waals surface area contributed by atoms with Gasteiger partial charge in [-0.3, -0.25) is 0 Å². The van der Waals surface area contributed by atoms with Crippen molar-refractivity contribution in [2.24, 2.45) is 23.7 Å². The van der Waals surface area contributed by atoms with Crippen LogP contribution in [0.5, 0.6) is 0 Å². The van der Waals surface area contributed by atoms with E-state index in [1.54, 1.807) is 0 Å². The maximum absolute atomic E-state index is 7.06. The van der Waals surface area contributed by atoms with Crippen molar-refractivity contribution in [3.05, 3.63) is 0 Å². The van der Waals surface area contributed by atoms with E-state index in [-0.39, 0.29) is 5.60 Å². The maximum atomic E-state index is 7.06. The smallest absolute Gasteiger partial charge is 0.173 e. The van der Waals surface area contributed by atoms with Crippen molar-refractivity contribution in [1.82, 2.24) is 0 Å². The molecule has 5 heteroatoms. The summed E-state index contributed by atoms with van der Waals surface area (Å²) in [4.78, 5) is 0. The molecule has 2 saturated heterocycles. The van der Waals surface area contributed by atoms with E-state index in [0.717, 1.165) is 23.7 Å². The number of fused-ring (bicyclic) bond motifs is 2. The van der Waals surface area contributed by atoms with E-state index in [9.17, 15) is 0 Å². The molecule has 4 fully saturated rings. The van der Waals surface area contributed by atoms with Crippen LogP contribution in [0.4, 0.5) is 0 Å². The van der Waals surface area contributed by atoms with Crippen molar-refractivity contribution < 1.29 is 13.6 Å². The topological polar surface area (TPSA) is 34.3 Å². The van der Waals surface area contributed by atoms with E-state index in [1.807, 2.05) is 0 Å². The molecule has 2 aliphatic heterocycles. The minimum atomic E-state index is -1.64. The highest BCUT2D eigenvalue weighted by Gasteiger charge is 2.56. The van der Waals surface area contributed by atoms with E-state index < -0.39 is 16.6 Å². The second kappa shape index (κ2) is 7.47. The zero-order valence-corrected chi connectivity index (χ0v) is 21.4. The molecule has 0 aromatic rings. The maximum Gasteiger partial charge on any atom is 0.173 e. The largest absolute Gasteiger partial charge is 0.455 e. The van der Waals surface area contributed by atoms with E-state index in [1.165, 1.54) is 50.6 Å². The molecule has 8 atom stereocenters. The van der Waals surface area contributed by atoms with Crippen molar-refractivity contribution >= 4 is 16.6 Å². The van der Waals surface area contributed by atoms with E-state index in [0.29, 0.717) is 18.3 Å². The highest BCUT2D eigenvalue weighted by Crippen LogP contribution is 2.51. The Balaban J connectivity index is 1.26. The average molecular weight is 425 g/mol. The molecule has 2 saturated carbocycles. The Kier molecular flexibility index (Phi) is 5.75. The van der Waals surface area contributed by atoms with Crippen LogP contribution in [0, 0.1) is 23.7 Å². The number of epoxide rings is 2. The fraction of sp³-hybridized carbons (Fsp3) is 1.00. The number of hydrogen-bond acceptors (Lipinski definition) is 3. The third-order valence-corrected chi connectivity index (χ3v) is 16.1. The van der Waals surface area contributed by atoms with E-state index in [2.05, 4.69) is 47.0 Å². The summed E-state index contributed by atoms with van der Waals surface area (Å²) in [6.07, 6.45) is 9.64. The van der Waals surface area contributed by atoms with Gasteiger partial charge in [0.25, 0.3) is 0 Å². The van der Waals surface area contributed by atoms with Gasteiger partial charge in [0, 0.05) is 0 Å². The van der Waals surface area contributed by atoms with Crippen molar-refractivity contribution in [2.45, 2.75) is 121 Å². The van der Waals surface area contributed by atoms with Gasteiger partial charge >= 0.3 is 0 Å². The predicted molar refractivity (Wildman–Crippen MR) is 121 cm³/mol. The lowest BCUT2D eigenvalue weighted by Gasteiger charge is -2.40. The van der Waals surface area contributed by atoms with E-state index >= 15 is 0 Å². The Morgan fingerprint density at radius 1 is 0.893 bits per heavy atom. The molecule has 2 aliphatic carbocycles. The Morgan fingerprint density at radius 3 is 2.07 bits per heavy atom. The van der Waals surface area contributed by atoms with Crippen LogP contribution in [0.3, 0.4) is 0 Å². The summed E-state index contributed by atoms with van der Waals surface area (Å²) in [5.74, 6) is 3.27. The highest BCUT2D eigenvalue weighted by molar-refractivity contribution is 6.84. The quantitative estimate of drug-likeness (QED) is 0.343. The molecule has 4 rings (SSSR count). The van der Waals surface area contributed by atoms with Crippen molar-refractivity contribution in [3.8, 4) is 0 Å². The standard InChI is InChI=1S/C23H44O3Si2/c1-16(18-8-9-20-21(12-18)24-20)14-27(4,5)26-28(6,7)15-17(2)19-10-11-23(3)22(13-19)25-23/h16-22H,8-15H2,1-7H3. The second-order valence-corrected chi connectivity index (χ2v) is 20.9. The number of hydrogen-bond donors (Lipinski definition) is 0. The summed E-state index contributed by atoms with van der Waals surface area (Å²) in [5.41, 5.74) is 0.245. The molecule has 0 spiro atoms. The first-order valence-corrected chi connectivity index (χ1v) is 18.2. The minimum Gasteiger partial charge on any atom is -0.455 e. The summed E-state index contributed by atoms with van der Waals surface area (Å²) in [5, 5.41) is 0. The van der Waals surface area contributed by atoms with Gasteiger partial charge in [-0.15, -0.1) is 0 Å². The van der Waals surface area contributed by atoms with Gasteiger partial charge in [0.2, 0.25) is 0 Å². The van der Waals surface area contributed by atoms with Gasteiger partial charge in [-0.25, -0.2) is 0 Å². The molecule has 0 N–H and O–H groups in total. The molecular weight excluding hydrogens is 380 g/mol. The van der Waals surface area contributed by atoms with Crippen LogP contribution >= 0.6 is 0 Å². The molecule has 3 nitrogen and oxygen atoms in total. The fourth-order valence-electron chi connectivity index (χ4n) is 6.86. The van der Waals surface area contributed by atoms with Gasteiger partial charge in [-0.05, 0) is 107 Å². The fourth-order valence-corrected chi connectivity index (χ4v) is 17.3. The highest BCUT2D eigenvalue weighted by atomic mass is 28.4. The Hall–Kier alpha value is 0.314. The second-order valence-electron chi connectivity index (χ2n) is 12.2. The SMILES string of the molecule is CC(C[Si](C)(C)O[Si](C)(C)CC(C)C1CCC2(C)OC2C1)C1CCC2OC2C1. The average Bonchev–Trinajstić information content (AvgIpc) is 3.45. The van der Waals surface area contributed by atoms with Crippen LogP contribution in [0.25, 0.3) is 0 Å². The molecular formula is C23H44O3Si2. The zero-order valence-electron chi connectivity index (χ0n) is 19.4. The van der Waals surface area contributed by atoms with Gasteiger partial charge in [-0.1, -0.05) is 13.8 Å².